The van der Waals surface area contributed by atoms with Gasteiger partial charge in [-0.3, -0.25) is 4.79 Å². The van der Waals surface area contributed by atoms with Crippen LogP contribution in [0.4, 0.5) is 0 Å². The molecule has 0 aliphatic carbocycles. The van der Waals surface area contributed by atoms with Gasteiger partial charge in [0.1, 0.15) is 6.61 Å². The van der Waals surface area contributed by atoms with Crippen LogP contribution >= 0.6 is 0 Å². The van der Waals surface area contributed by atoms with Crippen molar-refractivity contribution in [3.05, 3.63) is 24.3 Å². The first-order valence-electron chi connectivity index (χ1n) is 7.90. The third kappa shape index (κ3) is 7.88. The summed E-state index contributed by atoms with van der Waals surface area (Å²) in [5.74, 6) is 1.40. The summed E-state index contributed by atoms with van der Waals surface area (Å²) in [5.41, 5.74) is 0. The smallest absolute Gasteiger partial charge is 0.305 e. The van der Waals surface area contributed by atoms with Gasteiger partial charge in [-0.2, -0.15) is 0 Å². The summed E-state index contributed by atoms with van der Waals surface area (Å²) >= 11 is 0. The lowest BCUT2D eigenvalue weighted by atomic mass is 10.2. The number of hydrogen-bond donors (Lipinski definition) is 1. The lowest BCUT2D eigenvalue weighted by molar-refractivity contribution is -0.143. The molecule has 0 aromatic heterocycles. The van der Waals surface area contributed by atoms with Crippen molar-refractivity contribution in [2.45, 2.75) is 32.6 Å². The third-order valence-corrected chi connectivity index (χ3v) is 3.16. The molecule has 0 fully saturated rings. The minimum Gasteiger partial charge on any atom is -0.493 e. The number of methoxy groups -OCH3 is 1. The number of esters is 1. The average molecular weight is 309 g/mol. The molecule has 0 aliphatic heterocycles. The molecule has 5 heteroatoms. The Balaban J connectivity index is 1.94. The highest BCUT2D eigenvalue weighted by atomic mass is 16.5. The van der Waals surface area contributed by atoms with E-state index in [-0.39, 0.29) is 5.97 Å². The molecule has 0 unspecified atom stereocenters. The highest BCUT2D eigenvalue weighted by Gasteiger charge is 2.01. The molecule has 0 atom stereocenters. The van der Waals surface area contributed by atoms with E-state index in [1.807, 2.05) is 24.3 Å². The summed E-state index contributed by atoms with van der Waals surface area (Å²) in [4.78, 5) is 10.9. The second-order valence-electron chi connectivity index (χ2n) is 4.88. The first-order valence-corrected chi connectivity index (χ1v) is 7.90. The maximum absolute atomic E-state index is 10.9. The van der Waals surface area contributed by atoms with Crippen LogP contribution in [-0.4, -0.2) is 39.4 Å². The second kappa shape index (κ2) is 11.9. The molecule has 1 aromatic carbocycles. The van der Waals surface area contributed by atoms with E-state index in [4.69, 9.17) is 14.2 Å². The molecule has 1 rings (SSSR count). The van der Waals surface area contributed by atoms with Crippen molar-refractivity contribution in [2.24, 2.45) is 0 Å². The highest BCUT2D eigenvalue weighted by Crippen LogP contribution is 2.25. The first kappa shape index (κ1) is 18.3. The number of hydrogen-bond acceptors (Lipinski definition) is 5. The Morgan fingerprint density at radius 2 is 1.82 bits per heavy atom. The maximum atomic E-state index is 10.9. The van der Waals surface area contributed by atoms with Crippen LogP contribution < -0.4 is 14.8 Å². The molecule has 0 spiro atoms. The molecule has 124 valence electrons. The Bertz CT molecular complexity index is 423. The van der Waals surface area contributed by atoms with Crippen LogP contribution in [0.1, 0.15) is 32.6 Å². The van der Waals surface area contributed by atoms with Gasteiger partial charge in [-0.05, 0) is 37.9 Å². The van der Waals surface area contributed by atoms with Gasteiger partial charge in [0.05, 0.1) is 13.7 Å². The average Bonchev–Trinajstić information content (AvgIpc) is 2.56. The minimum atomic E-state index is -0.119. The van der Waals surface area contributed by atoms with Crippen LogP contribution in [0.15, 0.2) is 24.3 Å². The van der Waals surface area contributed by atoms with Crippen LogP contribution in [0.5, 0.6) is 11.5 Å². The summed E-state index contributed by atoms with van der Waals surface area (Å²) in [5, 5.41) is 3.33. The molecule has 0 aliphatic rings. The van der Waals surface area contributed by atoms with Gasteiger partial charge in [-0.15, -0.1) is 0 Å². The van der Waals surface area contributed by atoms with Gasteiger partial charge < -0.3 is 19.5 Å². The van der Waals surface area contributed by atoms with E-state index in [0.717, 1.165) is 43.9 Å². The van der Waals surface area contributed by atoms with Crippen molar-refractivity contribution < 1.29 is 19.0 Å². The maximum Gasteiger partial charge on any atom is 0.305 e. The Morgan fingerprint density at radius 1 is 1.05 bits per heavy atom. The fourth-order valence-corrected chi connectivity index (χ4v) is 1.91. The molecule has 1 N–H and O–H groups in total. The molecule has 0 saturated carbocycles. The Morgan fingerprint density at radius 3 is 2.55 bits per heavy atom. The molecular formula is C17H27NO4. The summed E-state index contributed by atoms with van der Waals surface area (Å²) < 4.78 is 15.9. The van der Waals surface area contributed by atoms with E-state index in [2.05, 4.69) is 5.32 Å². The van der Waals surface area contributed by atoms with Crippen molar-refractivity contribution in [1.82, 2.24) is 5.32 Å². The van der Waals surface area contributed by atoms with E-state index in [1.54, 1.807) is 14.0 Å². The Hall–Kier alpha value is -1.75. The predicted octanol–water partition coefficient (Wildman–Crippen LogP) is 2.79. The van der Waals surface area contributed by atoms with Crippen LogP contribution in [-0.2, 0) is 9.53 Å². The molecule has 1 aromatic rings. The SMILES string of the molecule is CCC(=O)OCCCCCNCCOc1ccccc1OC. The van der Waals surface area contributed by atoms with Gasteiger partial charge in [0, 0.05) is 13.0 Å². The van der Waals surface area contributed by atoms with Crippen molar-refractivity contribution in [2.75, 3.05) is 33.4 Å². The number of benzene rings is 1. The first-order chi connectivity index (χ1) is 10.8. The summed E-state index contributed by atoms with van der Waals surface area (Å²) in [7, 11) is 1.64. The molecule has 22 heavy (non-hydrogen) atoms. The Labute approximate surface area is 132 Å². The monoisotopic (exact) mass is 309 g/mol. The van der Waals surface area contributed by atoms with E-state index in [1.165, 1.54) is 0 Å². The van der Waals surface area contributed by atoms with Crippen molar-refractivity contribution in [3.63, 3.8) is 0 Å². The van der Waals surface area contributed by atoms with Crippen LogP contribution in [0, 0.1) is 0 Å². The largest absolute Gasteiger partial charge is 0.493 e. The zero-order valence-corrected chi connectivity index (χ0v) is 13.6. The number of rotatable bonds is 12. The number of ether oxygens (including phenoxy) is 3. The quantitative estimate of drug-likeness (QED) is 0.475. The normalized spacial score (nSPS) is 10.3. The number of carbonyl (C=O) groups is 1. The zero-order chi connectivity index (χ0) is 16.0. The number of para-hydroxylation sites is 2. The number of unbranched alkanes of at least 4 members (excludes halogenated alkanes) is 2. The molecule has 0 amide bonds. The molecule has 0 bridgehead atoms. The molecular weight excluding hydrogens is 282 g/mol. The Kier molecular flexibility index (Phi) is 9.87. The summed E-state index contributed by atoms with van der Waals surface area (Å²) in [6, 6.07) is 7.63. The molecule has 0 heterocycles. The summed E-state index contributed by atoms with van der Waals surface area (Å²) in [6.07, 6.45) is 3.49. The van der Waals surface area contributed by atoms with Crippen LogP contribution in [0.3, 0.4) is 0 Å². The van der Waals surface area contributed by atoms with E-state index >= 15 is 0 Å². The standard InChI is InChI=1S/C17H27NO4/c1-3-17(19)22-13-8-4-7-11-18-12-14-21-16-10-6-5-9-15(16)20-2/h5-6,9-10,18H,3-4,7-8,11-14H2,1-2H3. The molecule has 0 radical (unpaired) electrons. The molecule has 5 nitrogen and oxygen atoms in total. The van der Waals surface area contributed by atoms with Gasteiger partial charge in [0.2, 0.25) is 0 Å². The second-order valence-corrected chi connectivity index (χ2v) is 4.88. The number of nitrogens with one attached hydrogen (secondary N) is 1. The number of carbonyl (C=O) groups excluding carboxylic acids is 1. The fourth-order valence-electron chi connectivity index (χ4n) is 1.91. The van der Waals surface area contributed by atoms with Crippen molar-refractivity contribution in [3.8, 4) is 11.5 Å². The van der Waals surface area contributed by atoms with Gasteiger partial charge in [-0.25, -0.2) is 0 Å². The van der Waals surface area contributed by atoms with Crippen LogP contribution in [0.2, 0.25) is 0 Å². The lowest BCUT2D eigenvalue weighted by Crippen LogP contribution is -2.22. The fraction of sp³-hybridized carbons (Fsp3) is 0.588. The third-order valence-electron chi connectivity index (χ3n) is 3.16. The van der Waals surface area contributed by atoms with Crippen molar-refractivity contribution >= 4 is 5.97 Å². The lowest BCUT2D eigenvalue weighted by Gasteiger charge is -2.10. The zero-order valence-electron chi connectivity index (χ0n) is 13.6. The van der Waals surface area contributed by atoms with Gasteiger partial charge >= 0.3 is 5.97 Å². The van der Waals surface area contributed by atoms with Crippen LogP contribution in [0.25, 0.3) is 0 Å². The minimum absolute atomic E-state index is 0.119. The summed E-state index contributed by atoms with van der Waals surface area (Å²) in [6.45, 7) is 4.68. The predicted molar refractivity (Wildman–Crippen MR) is 86.5 cm³/mol. The highest BCUT2D eigenvalue weighted by molar-refractivity contribution is 5.68. The van der Waals surface area contributed by atoms with E-state index in [0.29, 0.717) is 19.6 Å². The van der Waals surface area contributed by atoms with Gasteiger partial charge in [-0.1, -0.05) is 19.1 Å². The van der Waals surface area contributed by atoms with Gasteiger partial charge in [0.15, 0.2) is 11.5 Å². The van der Waals surface area contributed by atoms with E-state index in [9.17, 15) is 4.79 Å². The van der Waals surface area contributed by atoms with Crippen molar-refractivity contribution in [1.29, 1.82) is 0 Å². The topological polar surface area (TPSA) is 56.8 Å². The van der Waals surface area contributed by atoms with E-state index < -0.39 is 0 Å². The van der Waals surface area contributed by atoms with Gasteiger partial charge in [0.25, 0.3) is 0 Å². The molecule has 0 saturated heterocycles.